The number of aromatic hydroxyl groups is 1. The zero-order valence-electron chi connectivity index (χ0n) is 20.1. The van der Waals surface area contributed by atoms with Gasteiger partial charge >= 0.3 is 0 Å². The van der Waals surface area contributed by atoms with Gasteiger partial charge < -0.3 is 19.6 Å². The molecular weight excluding hydrogens is 412 g/mol. The molecule has 2 aromatic carbocycles. The number of phenolic OH excluding ortho intramolecular Hbond substituents is 1. The number of quaternary nitrogens is 1. The van der Waals surface area contributed by atoms with E-state index >= 15 is 0 Å². The van der Waals surface area contributed by atoms with Crippen LogP contribution in [0.2, 0.25) is 0 Å². The van der Waals surface area contributed by atoms with Crippen LogP contribution in [-0.4, -0.2) is 65.3 Å². The Morgan fingerprint density at radius 2 is 1.58 bits per heavy atom. The summed E-state index contributed by atoms with van der Waals surface area (Å²) < 4.78 is 0.911. The van der Waals surface area contributed by atoms with Crippen molar-refractivity contribution < 1.29 is 19.5 Å². The second kappa shape index (κ2) is 9.86. The highest BCUT2D eigenvalue weighted by molar-refractivity contribution is 5.87. The highest BCUT2D eigenvalue weighted by Gasteiger charge is 2.49. The predicted octanol–water partition coefficient (Wildman–Crippen LogP) is 4.08. The van der Waals surface area contributed by atoms with Gasteiger partial charge in [-0.25, -0.2) is 0 Å². The van der Waals surface area contributed by atoms with Crippen molar-refractivity contribution >= 4 is 5.91 Å². The van der Waals surface area contributed by atoms with Crippen LogP contribution < -0.4 is 0 Å². The lowest BCUT2D eigenvalue weighted by atomic mass is 9.78. The van der Waals surface area contributed by atoms with Gasteiger partial charge in [-0.05, 0) is 36.1 Å². The van der Waals surface area contributed by atoms with Crippen molar-refractivity contribution in [2.24, 2.45) is 5.92 Å². The Labute approximate surface area is 198 Å². The molecule has 0 spiro atoms. The SMILES string of the molecule is C[N+](C)(CCc1ccc(O)cc1)C1CCN(C(=O)[C@@](O)(c2ccccc2)C2CCCC2)CC1. The summed E-state index contributed by atoms with van der Waals surface area (Å²) in [6, 6.07) is 17.6. The molecule has 2 aliphatic rings. The molecule has 0 unspecified atom stereocenters. The first kappa shape index (κ1) is 23.8. The zero-order chi connectivity index (χ0) is 23.5. The monoisotopic (exact) mass is 451 g/mol. The molecule has 2 N–H and O–H groups in total. The van der Waals surface area contributed by atoms with E-state index in [-0.39, 0.29) is 11.8 Å². The molecule has 1 aliphatic carbocycles. The van der Waals surface area contributed by atoms with Gasteiger partial charge in [0, 0.05) is 38.3 Å². The van der Waals surface area contributed by atoms with E-state index in [1.54, 1.807) is 12.1 Å². The lowest BCUT2D eigenvalue weighted by Crippen LogP contribution is -2.58. The highest BCUT2D eigenvalue weighted by atomic mass is 16.3. The Bertz CT molecular complexity index is 914. The van der Waals surface area contributed by atoms with E-state index in [2.05, 4.69) is 14.1 Å². The molecule has 1 atom stereocenters. The molecule has 5 nitrogen and oxygen atoms in total. The number of carbonyl (C=O) groups excluding carboxylic acids is 1. The van der Waals surface area contributed by atoms with Gasteiger partial charge in [-0.2, -0.15) is 0 Å². The van der Waals surface area contributed by atoms with Crippen LogP contribution in [0.4, 0.5) is 0 Å². The topological polar surface area (TPSA) is 60.8 Å². The predicted molar refractivity (Wildman–Crippen MR) is 131 cm³/mol. The van der Waals surface area contributed by atoms with Crippen LogP contribution in [0.1, 0.15) is 49.7 Å². The van der Waals surface area contributed by atoms with E-state index in [1.807, 2.05) is 47.4 Å². The molecule has 1 saturated carbocycles. The first-order chi connectivity index (χ1) is 15.8. The van der Waals surface area contributed by atoms with Gasteiger partial charge in [-0.3, -0.25) is 4.79 Å². The molecule has 0 radical (unpaired) electrons. The van der Waals surface area contributed by atoms with Crippen molar-refractivity contribution in [2.45, 2.75) is 56.6 Å². The second-order valence-electron chi connectivity index (χ2n) is 10.6. The number of likely N-dealkylation sites (tertiary alicyclic amines) is 1. The molecule has 1 heterocycles. The van der Waals surface area contributed by atoms with Crippen LogP contribution in [0.25, 0.3) is 0 Å². The number of hydrogen-bond donors (Lipinski definition) is 2. The summed E-state index contributed by atoms with van der Waals surface area (Å²) >= 11 is 0. The molecule has 0 aromatic heterocycles. The third-order valence-electron chi connectivity index (χ3n) is 8.14. The largest absolute Gasteiger partial charge is 0.508 e. The minimum Gasteiger partial charge on any atom is -0.508 e. The number of carbonyl (C=O) groups is 1. The fraction of sp³-hybridized carbons (Fsp3) is 0.536. The lowest BCUT2D eigenvalue weighted by Gasteiger charge is -2.45. The first-order valence-electron chi connectivity index (χ1n) is 12.5. The van der Waals surface area contributed by atoms with Crippen LogP contribution >= 0.6 is 0 Å². The van der Waals surface area contributed by atoms with Crippen molar-refractivity contribution in [3.8, 4) is 5.75 Å². The van der Waals surface area contributed by atoms with Gasteiger partial charge in [-0.1, -0.05) is 55.3 Å². The molecule has 2 fully saturated rings. The summed E-state index contributed by atoms with van der Waals surface area (Å²) in [5.74, 6) is 0.203. The van der Waals surface area contributed by atoms with E-state index in [1.165, 1.54) is 5.56 Å². The van der Waals surface area contributed by atoms with Crippen molar-refractivity contribution in [1.82, 2.24) is 4.90 Å². The first-order valence-corrected chi connectivity index (χ1v) is 12.5. The molecule has 1 saturated heterocycles. The second-order valence-corrected chi connectivity index (χ2v) is 10.6. The summed E-state index contributed by atoms with van der Waals surface area (Å²) in [7, 11) is 4.56. The number of likely N-dealkylation sites (N-methyl/N-ethyl adjacent to an activating group) is 1. The molecular formula is C28H39N2O3+. The Morgan fingerprint density at radius 1 is 0.970 bits per heavy atom. The molecule has 1 amide bonds. The van der Waals surface area contributed by atoms with Crippen LogP contribution in [0.15, 0.2) is 54.6 Å². The molecule has 0 bridgehead atoms. The van der Waals surface area contributed by atoms with Gasteiger partial charge in [-0.15, -0.1) is 0 Å². The normalized spacial score (nSPS) is 20.0. The van der Waals surface area contributed by atoms with E-state index in [0.717, 1.165) is 61.5 Å². The summed E-state index contributed by atoms with van der Waals surface area (Å²) in [5.41, 5.74) is 0.568. The molecule has 1 aliphatic heterocycles. The van der Waals surface area contributed by atoms with Crippen molar-refractivity contribution in [2.75, 3.05) is 33.7 Å². The van der Waals surface area contributed by atoms with Gasteiger partial charge in [0.05, 0.1) is 26.7 Å². The number of aliphatic hydroxyl groups is 1. The number of rotatable bonds is 7. The Hall–Kier alpha value is -2.37. The summed E-state index contributed by atoms with van der Waals surface area (Å²) in [6.45, 7) is 2.41. The summed E-state index contributed by atoms with van der Waals surface area (Å²) in [5, 5.41) is 21.3. The Morgan fingerprint density at radius 3 is 2.18 bits per heavy atom. The minimum atomic E-state index is -1.41. The molecule has 178 valence electrons. The quantitative estimate of drug-likeness (QED) is 0.624. The third kappa shape index (κ3) is 5.10. The average molecular weight is 452 g/mol. The van der Waals surface area contributed by atoms with Gasteiger partial charge in [0.1, 0.15) is 5.75 Å². The number of phenols is 1. The fourth-order valence-electron chi connectivity index (χ4n) is 5.84. The van der Waals surface area contributed by atoms with Crippen molar-refractivity contribution in [3.05, 3.63) is 65.7 Å². The standard InChI is InChI=1S/C28H38N2O3/c1-30(2,21-18-22-12-14-26(31)15-13-22)25-16-19-29(20-17-25)27(32)28(33,24-10-6-7-11-24)23-8-4-3-5-9-23/h3-5,8-9,12-15,24-25,33H,6-7,10-11,16-21H2,1-2H3/p+1/t28-/m1/s1. The van der Waals surface area contributed by atoms with Crippen molar-refractivity contribution in [3.63, 3.8) is 0 Å². The maximum absolute atomic E-state index is 13.8. The molecule has 5 heteroatoms. The maximum atomic E-state index is 13.8. The smallest absolute Gasteiger partial charge is 0.259 e. The third-order valence-corrected chi connectivity index (χ3v) is 8.14. The van der Waals surface area contributed by atoms with Crippen molar-refractivity contribution in [1.29, 1.82) is 0 Å². The van der Waals surface area contributed by atoms with E-state index in [0.29, 0.717) is 24.9 Å². The van der Waals surface area contributed by atoms with Crippen LogP contribution in [0, 0.1) is 5.92 Å². The van der Waals surface area contributed by atoms with E-state index < -0.39 is 5.60 Å². The maximum Gasteiger partial charge on any atom is 0.259 e. The number of nitrogens with zero attached hydrogens (tertiary/aromatic N) is 2. The Kier molecular flexibility index (Phi) is 7.10. The summed E-state index contributed by atoms with van der Waals surface area (Å²) in [6.07, 6.45) is 6.85. The number of amides is 1. The van der Waals surface area contributed by atoms with E-state index in [4.69, 9.17) is 0 Å². The Balaban J connectivity index is 1.40. The van der Waals surface area contributed by atoms with Gasteiger partial charge in [0.25, 0.3) is 5.91 Å². The zero-order valence-corrected chi connectivity index (χ0v) is 20.1. The summed E-state index contributed by atoms with van der Waals surface area (Å²) in [4.78, 5) is 15.7. The number of hydrogen-bond acceptors (Lipinski definition) is 3. The minimum absolute atomic E-state index is 0.00246. The number of benzene rings is 2. The van der Waals surface area contributed by atoms with Crippen LogP contribution in [-0.2, 0) is 16.8 Å². The molecule has 4 rings (SSSR count). The van der Waals surface area contributed by atoms with Gasteiger partial charge in [0.15, 0.2) is 5.60 Å². The van der Waals surface area contributed by atoms with E-state index in [9.17, 15) is 15.0 Å². The highest BCUT2D eigenvalue weighted by Crippen LogP contribution is 2.42. The number of piperidine rings is 1. The fourth-order valence-corrected chi connectivity index (χ4v) is 5.84. The molecule has 2 aromatic rings. The lowest BCUT2D eigenvalue weighted by molar-refractivity contribution is -0.916. The average Bonchev–Trinajstić information content (AvgIpc) is 3.39. The molecule has 33 heavy (non-hydrogen) atoms. The van der Waals surface area contributed by atoms with Gasteiger partial charge in [0.2, 0.25) is 0 Å². The van der Waals surface area contributed by atoms with Crippen LogP contribution in [0.5, 0.6) is 5.75 Å². The van der Waals surface area contributed by atoms with Crippen LogP contribution in [0.3, 0.4) is 0 Å².